The number of carbonyl (C=O) groups is 2. The first-order valence-corrected chi connectivity index (χ1v) is 5.07. The third-order valence-electron chi connectivity index (χ3n) is 2.70. The second-order valence-electron chi connectivity index (χ2n) is 4.95. The predicted octanol–water partition coefficient (Wildman–Crippen LogP) is 1.32. The maximum Gasteiger partial charge on any atom is 0.236 e. The van der Waals surface area contributed by atoms with Crippen molar-refractivity contribution in [2.45, 2.75) is 40.2 Å². The fourth-order valence-electron chi connectivity index (χ4n) is 1.76. The quantitative estimate of drug-likeness (QED) is 0.643. The molecule has 1 saturated heterocycles. The van der Waals surface area contributed by atoms with Crippen LogP contribution in [0, 0.1) is 22.7 Å². The number of carbonyl (C=O) groups excluding carboxylic acids is 2. The van der Waals surface area contributed by atoms with Gasteiger partial charge in [-0.3, -0.25) is 14.5 Å². The number of nitrogens with zero attached hydrogens (tertiary/aromatic N) is 2. The van der Waals surface area contributed by atoms with Crippen LogP contribution in [-0.2, 0) is 9.59 Å². The maximum atomic E-state index is 11.9. The molecule has 0 N–H and O–H groups in total. The van der Waals surface area contributed by atoms with Crippen LogP contribution in [0.1, 0.15) is 34.1 Å². The van der Waals surface area contributed by atoms with Crippen LogP contribution < -0.4 is 0 Å². The summed E-state index contributed by atoms with van der Waals surface area (Å²) < 4.78 is 0. The minimum atomic E-state index is -0.652. The lowest BCUT2D eigenvalue weighted by atomic mass is 9.92. The minimum absolute atomic E-state index is 0.0307. The van der Waals surface area contributed by atoms with Crippen molar-refractivity contribution in [1.29, 1.82) is 5.26 Å². The van der Waals surface area contributed by atoms with Gasteiger partial charge >= 0.3 is 0 Å². The van der Waals surface area contributed by atoms with Crippen LogP contribution in [-0.4, -0.2) is 22.8 Å². The summed E-state index contributed by atoms with van der Waals surface area (Å²) in [4.78, 5) is 24.7. The van der Waals surface area contributed by atoms with E-state index in [1.807, 2.05) is 19.9 Å². The van der Waals surface area contributed by atoms with E-state index in [4.69, 9.17) is 5.26 Å². The topological polar surface area (TPSA) is 61.2 Å². The van der Waals surface area contributed by atoms with Gasteiger partial charge in [-0.05, 0) is 5.92 Å². The fraction of sp³-hybridized carbons (Fsp3) is 0.727. The number of hydrogen-bond donors (Lipinski definition) is 0. The molecule has 2 amide bonds. The van der Waals surface area contributed by atoms with Gasteiger partial charge < -0.3 is 0 Å². The molecule has 1 aliphatic heterocycles. The number of nitriles is 1. The summed E-state index contributed by atoms with van der Waals surface area (Å²) in [6, 6.07) is 1.39. The van der Waals surface area contributed by atoms with Crippen LogP contribution in [0.25, 0.3) is 0 Å². The molecule has 0 aliphatic carbocycles. The molecule has 1 unspecified atom stereocenters. The number of likely N-dealkylation sites (tertiary alicyclic amines) is 1. The zero-order valence-electron chi connectivity index (χ0n) is 9.57. The summed E-state index contributed by atoms with van der Waals surface area (Å²) in [5.74, 6) is -0.491. The molecule has 0 saturated carbocycles. The van der Waals surface area contributed by atoms with Crippen molar-refractivity contribution in [3.8, 4) is 6.07 Å². The van der Waals surface area contributed by atoms with Gasteiger partial charge in [0, 0.05) is 6.42 Å². The van der Waals surface area contributed by atoms with Gasteiger partial charge in [0.1, 0.15) is 6.04 Å². The van der Waals surface area contributed by atoms with E-state index >= 15 is 0 Å². The summed E-state index contributed by atoms with van der Waals surface area (Å²) in [6.07, 6.45) is 0.205. The summed E-state index contributed by atoms with van der Waals surface area (Å²) in [7, 11) is 0. The molecule has 82 valence electrons. The lowest BCUT2D eigenvalue weighted by molar-refractivity contribution is -0.143. The molecule has 1 heterocycles. The molecule has 0 aromatic rings. The number of amides is 2. The summed E-state index contributed by atoms with van der Waals surface area (Å²) >= 11 is 0. The Balaban J connectivity index is 3.02. The molecular formula is C11H16N2O2. The van der Waals surface area contributed by atoms with E-state index in [9.17, 15) is 9.59 Å². The number of rotatable bonds is 2. The zero-order chi connectivity index (χ0) is 11.8. The Morgan fingerprint density at radius 1 is 1.40 bits per heavy atom. The van der Waals surface area contributed by atoms with Gasteiger partial charge in [0.15, 0.2) is 0 Å². The predicted molar refractivity (Wildman–Crippen MR) is 54.5 cm³/mol. The van der Waals surface area contributed by atoms with Crippen molar-refractivity contribution in [3.05, 3.63) is 0 Å². The molecule has 0 aromatic carbocycles. The molecule has 1 rings (SSSR count). The van der Waals surface area contributed by atoms with Crippen molar-refractivity contribution >= 4 is 11.8 Å². The molecule has 15 heavy (non-hydrogen) atoms. The molecule has 1 aliphatic rings. The fourth-order valence-corrected chi connectivity index (χ4v) is 1.76. The Morgan fingerprint density at radius 2 is 1.93 bits per heavy atom. The first kappa shape index (κ1) is 11.7. The Hall–Kier alpha value is -1.37. The highest BCUT2D eigenvalue weighted by atomic mass is 16.2. The van der Waals surface area contributed by atoms with Gasteiger partial charge in [-0.2, -0.15) is 5.26 Å². The van der Waals surface area contributed by atoms with Gasteiger partial charge in [0.25, 0.3) is 0 Å². The summed E-state index contributed by atoms with van der Waals surface area (Å²) in [6.45, 7) is 7.14. The molecule has 0 radical (unpaired) electrons. The van der Waals surface area contributed by atoms with E-state index in [2.05, 4.69) is 0 Å². The molecule has 1 fully saturated rings. The second kappa shape index (κ2) is 3.65. The Morgan fingerprint density at radius 3 is 2.20 bits per heavy atom. The Bertz CT molecular complexity index is 339. The largest absolute Gasteiger partial charge is 0.274 e. The molecule has 0 bridgehead atoms. The van der Waals surface area contributed by atoms with Crippen molar-refractivity contribution in [2.75, 3.05) is 0 Å². The molecular weight excluding hydrogens is 192 g/mol. The average Bonchev–Trinajstić information content (AvgIpc) is 2.28. The highest BCUT2D eigenvalue weighted by molar-refractivity contribution is 6.06. The Kier molecular flexibility index (Phi) is 2.85. The van der Waals surface area contributed by atoms with Crippen LogP contribution in [0.2, 0.25) is 0 Å². The zero-order valence-corrected chi connectivity index (χ0v) is 9.57. The van der Waals surface area contributed by atoms with Crippen molar-refractivity contribution in [1.82, 2.24) is 4.90 Å². The molecule has 1 atom stereocenters. The molecule has 4 nitrogen and oxygen atoms in total. The third kappa shape index (κ3) is 1.87. The highest BCUT2D eigenvalue weighted by Crippen LogP contribution is 2.34. The second-order valence-corrected chi connectivity index (χ2v) is 4.95. The lowest BCUT2D eigenvalue weighted by Crippen LogP contribution is -2.43. The number of imide groups is 1. The first-order valence-electron chi connectivity index (χ1n) is 5.07. The standard InChI is InChI=1S/C11H16N2O2/c1-7(2)8(6-12)13-9(14)5-11(3,4)10(13)15/h7-8H,5H2,1-4H3. The van der Waals surface area contributed by atoms with Crippen LogP contribution in [0.4, 0.5) is 0 Å². The average molecular weight is 208 g/mol. The van der Waals surface area contributed by atoms with Gasteiger partial charge in [0.05, 0.1) is 11.5 Å². The van der Waals surface area contributed by atoms with E-state index in [0.717, 1.165) is 4.90 Å². The van der Waals surface area contributed by atoms with Gasteiger partial charge in [-0.1, -0.05) is 27.7 Å². The normalized spacial score (nSPS) is 22.0. The molecule has 4 heteroatoms. The first-order chi connectivity index (χ1) is 6.81. The number of hydrogen-bond acceptors (Lipinski definition) is 3. The van der Waals surface area contributed by atoms with Crippen LogP contribution in [0.5, 0.6) is 0 Å². The smallest absolute Gasteiger partial charge is 0.236 e. The summed E-state index contributed by atoms with van der Waals surface area (Å²) in [5.41, 5.74) is -0.652. The lowest BCUT2D eigenvalue weighted by Gasteiger charge is -2.24. The molecule has 0 aromatic heterocycles. The monoisotopic (exact) mass is 208 g/mol. The SMILES string of the molecule is CC(C)C(C#N)N1C(=O)CC(C)(C)C1=O. The molecule has 0 spiro atoms. The van der Waals surface area contributed by atoms with Crippen LogP contribution in [0.3, 0.4) is 0 Å². The van der Waals surface area contributed by atoms with Crippen LogP contribution in [0.15, 0.2) is 0 Å². The van der Waals surface area contributed by atoms with Crippen molar-refractivity contribution < 1.29 is 9.59 Å². The maximum absolute atomic E-state index is 11.9. The Labute approximate surface area is 89.9 Å². The third-order valence-corrected chi connectivity index (χ3v) is 2.70. The minimum Gasteiger partial charge on any atom is -0.274 e. The van der Waals surface area contributed by atoms with E-state index in [-0.39, 0.29) is 24.2 Å². The van der Waals surface area contributed by atoms with Crippen molar-refractivity contribution in [3.63, 3.8) is 0 Å². The van der Waals surface area contributed by atoms with Gasteiger partial charge in [-0.25, -0.2) is 0 Å². The highest BCUT2D eigenvalue weighted by Gasteiger charge is 2.48. The van der Waals surface area contributed by atoms with E-state index in [1.54, 1.807) is 13.8 Å². The van der Waals surface area contributed by atoms with Crippen LogP contribution >= 0.6 is 0 Å². The van der Waals surface area contributed by atoms with Gasteiger partial charge in [0.2, 0.25) is 11.8 Å². The van der Waals surface area contributed by atoms with E-state index in [0.29, 0.717) is 0 Å². The van der Waals surface area contributed by atoms with E-state index in [1.165, 1.54) is 0 Å². The van der Waals surface area contributed by atoms with Crippen molar-refractivity contribution in [2.24, 2.45) is 11.3 Å². The van der Waals surface area contributed by atoms with E-state index < -0.39 is 11.5 Å². The van der Waals surface area contributed by atoms with Gasteiger partial charge in [-0.15, -0.1) is 0 Å². The summed E-state index contributed by atoms with van der Waals surface area (Å²) in [5, 5.41) is 8.97.